The van der Waals surface area contributed by atoms with E-state index in [1.807, 2.05) is 12.3 Å². The Morgan fingerprint density at radius 2 is 2.24 bits per heavy atom. The first-order chi connectivity index (χ1) is 10.2. The van der Waals surface area contributed by atoms with Crippen LogP contribution >= 0.6 is 0 Å². The minimum absolute atomic E-state index is 0.240. The van der Waals surface area contributed by atoms with Crippen molar-refractivity contribution in [3.05, 3.63) is 23.9 Å². The van der Waals surface area contributed by atoms with Crippen LogP contribution in [0.15, 0.2) is 18.3 Å². The Hall–Kier alpha value is -1.09. The molecule has 3 nitrogen and oxygen atoms in total. The largest absolute Gasteiger partial charge is 0.359 e. The van der Waals surface area contributed by atoms with Gasteiger partial charge in [-0.3, -0.25) is 0 Å². The fourth-order valence-electron chi connectivity index (χ4n) is 4.40. The molecule has 2 saturated carbocycles. The number of nitrogens with zero attached hydrogens (tertiary/aromatic N) is 2. The van der Waals surface area contributed by atoms with Crippen LogP contribution in [0.2, 0.25) is 0 Å². The molecule has 3 rings (SSSR count). The fraction of sp³-hybridized carbons (Fsp3) is 0.722. The normalized spacial score (nSPS) is 28.8. The van der Waals surface area contributed by atoms with Crippen LogP contribution in [0.3, 0.4) is 0 Å². The Bertz CT molecular complexity index is 473. The molecule has 1 heterocycles. The van der Waals surface area contributed by atoms with Crippen molar-refractivity contribution in [3.63, 3.8) is 0 Å². The molecule has 0 aromatic carbocycles. The quantitative estimate of drug-likeness (QED) is 0.873. The van der Waals surface area contributed by atoms with Gasteiger partial charge >= 0.3 is 0 Å². The van der Waals surface area contributed by atoms with Crippen LogP contribution in [0.5, 0.6) is 0 Å². The predicted octanol–water partition coefficient (Wildman–Crippen LogP) is 3.23. The average Bonchev–Trinajstić information content (AvgIpc) is 3.10. The van der Waals surface area contributed by atoms with Gasteiger partial charge in [-0.05, 0) is 61.5 Å². The maximum Gasteiger partial charge on any atom is 0.131 e. The molecule has 0 aliphatic heterocycles. The van der Waals surface area contributed by atoms with Crippen molar-refractivity contribution in [1.29, 1.82) is 0 Å². The highest BCUT2D eigenvalue weighted by atomic mass is 15.2. The van der Waals surface area contributed by atoms with Crippen molar-refractivity contribution in [2.75, 3.05) is 18.5 Å². The van der Waals surface area contributed by atoms with E-state index in [-0.39, 0.29) is 6.04 Å². The van der Waals surface area contributed by atoms with E-state index in [0.717, 1.165) is 43.0 Å². The van der Waals surface area contributed by atoms with Gasteiger partial charge in [0.1, 0.15) is 5.82 Å². The first-order valence-electron chi connectivity index (χ1n) is 8.58. The molecule has 2 aliphatic rings. The van der Waals surface area contributed by atoms with E-state index < -0.39 is 0 Å². The first kappa shape index (κ1) is 14.8. The number of fused-ring (bicyclic) bond motifs is 2. The summed E-state index contributed by atoms with van der Waals surface area (Å²) in [4.78, 5) is 7.02. The van der Waals surface area contributed by atoms with Crippen molar-refractivity contribution in [2.24, 2.45) is 23.5 Å². The highest BCUT2D eigenvalue weighted by molar-refractivity contribution is 5.46. The molecule has 2 aliphatic carbocycles. The number of pyridine rings is 1. The maximum atomic E-state index is 6.14. The van der Waals surface area contributed by atoms with E-state index in [9.17, 15) is 0 Å². The van der Waals surface area contributed by atoms with Gasteiger partial charge in [-0.2, -0.15) is 0 Å². The number of hydrogen-bond donors (Lipinski definition) is 1. The molecule has 0 spiro atoms. The lowest BCUT2D eigenvalue weighted by Gasteiger charge is -2.29. The summed E-state index contributed by atoms with van der Waals surface area (Å²) in [5, 5.41) is 0. The van der Waals surface area contributed by atoms with Crippen LogP contribution in [-0.2, 0) is 6.42 Å². The topological polar surface area (TPSA) is 42.1 Å². The molecule has 2 fully saturated rings. The Kier molecular flexibility index (Phi) is 4.48. The van der Waals surface area contributed by atoms with Gasteiger partial charge in [0.15, 0.2) is 0 Å². The zero-order valence-corrected chi connectivity index (χ0v) is 13.5. The van der Waals surface area contributed by atoms with Crippen LogP contribution in [0.4, 0.5) is 5.82 Å². The number of hydrogen-bond acceptors (Lipinski definition) is 3. The Balaban J connectivity index is 1.67. The molecule has 2 bridgehead atoms. The minimum atomic E-state index is 0.240. The van der Waals surface area contributed by atoms with Crippen LogP contribution in [0.25, 0.3) is 0 Å². The van der Waals surface area contributed by atoms with Crippen molar-refractivity contribution >= 4 is 5.82 Å². The third-order valence-electron chi connectivity index (χ3n) is 5.63. The first-order valence-corrected chi connectivity index (χ1v) is 8.58. The minimum Gasteiger partial charge on any atom is -0.359 e. The molecule has 1 aromatic rings. The SMILES string of the molecule is CCC(N)Cc1cccnc1N(C)CC1CC2CCC1C2. The Morgan fingerprint density at radius 3 is 2.90 bits per heavy atom. The third kappa shape index (κ3) is 3.23. The van der Waals surface area contributed by atoms with Gasteiger partial charge in [0.2, 0.25) is 0 Å². The molecule has 0 saturated heterocycles. The molecular weight excluding hydrogens is 258 g/mol. The van der Waals surface area contributed by atoms with Gasteiger partial charge in [0, 0.05) is 25.8 Å². The lowest BCUT2D eigenvalue weighted by molar-refractivity contribution is 0.337. The lowest BCUT2D eigenvalue weighted by Crippen LogP contribution is -2.31. The summed E-state index contributed by atoms with van der Waals surface area (Å²) in [5.41, 5.74) is 7.44. The van der Waals surface area contributed by atoms with E-state index in [1.165, 1.54) is 31.2 Å². The second kappa shape index (κ2) is 6.35. The summed E-state index contributed by atoms with van der Waals surface area (Å²) < 4.78 is 0. The molecule has 1 aromatic heterocycles. The second-order valence-corrected chi connectivity index (χ2v) is 7.17. The van der Waals surface area contributed by atoms with Gasteiger partial charge in [-0.15, -0.1) is 0 Å². The summed E-state index contributed by atoms with van der Waals surface area (Å²) in [7, 11) is 2.20. The predicted molar refractivity (Wildman–Crippen MR) is 88.4 cm³/mol. The van der Waals surface area contributed by atoms with E-state index in [2.05, 4.69) is 29.9 Å². The van der Waals surface area contributed by atoms with E-state index >= 15 is 0 Å². The van der Waals surface area contributed by atoms with Crippen molar-refractivity contribution in [3.8, 4) is 0 Å². The van der Waals surface area contributed by atoms with Gasteiger partial charge in [-0.25, -0.2) is 4.98 Å². The molecule has 4 unspecified atom stereocenters. The van der Waals surface area contributed by atoms with Gasteiger partial charge in [-0.1, -0.05) is 19.4 Å². The van der Waals surface area contributed by atoms with Crippen molar-refractivity contribution in [1.82, 2.24) is 4.98 Å². The summed E-state index contributed by atoms with van der Waals surface area (Å²) in [6, 6.07) is 4.46. The molecule has 0 radical (unpaired) electrons. The molecule has 3 heteroatoms. The van der Waals surface area contributed by atoms with Crippen molar-refractivity contribution < 1.29 is 0 Å². The summed E-state index contributed by atoms with van der Waals surface area (Å²) in [6.45, 7) is 3.31. The number of rotatable bonds is 6. The standard InChI is InChI=1S/C18H29N3/c1-3-17(19)11-15-5-4-8-20-18(15)21(2)12-16-10-13-6-7-14(16)9-13/h4-5,8,13-14,16-17H,3,6-7,9-12,19H2,1-2H3. The van der Waals surface area contributed by atoms with Gasteiger partial charge < -0.3 is 10.6 Å². The average molecular weight is 287 g/mol. The molecule has 21 heavy (non-hydrogen) atoms. The summed E-state index contributed by atoms with van der Waals surface area (Å²) in [5.74, 6) is 4.01. The fourth-order valence-corrected chi connectivity index (χ4v) is 4.40. The van der Waals surface area contributed by atoms with E-state index in [0.29, 0.717) is 0 Å². The molecule has 2 N–H and O–H groups in total. The Morgan fingerprint density at radius 1 is 1.38 bits per heavy atom. The number of anilines is 1. The highest BCUT2D eigenvalue weighted by Crippen LogP contribution is 2.48. The summed E-state index contributed by atoms with van der Waals surface area (Å²) >= 11 is 0. The molecular formula is C18H29N3. The maximum absolute atomic E-state index is 6.14. The smallest absolute Gasteiger partial charge is 0.131 e. The summed E-state index contributed by atoms with van der Waals surface area (Å²) in [6.07, 6.45) is 9.71. The number of aromatic nitrogens is 1. The second-order valence-electron chi connectivity index (χ2n) is 7.17. The highest BCUT2D eigenvalue weighted by Gasteiger charge is 2.39. The van der Waals surface area contributed by atoms with Gasteiger partial charge in [0.25, 0.3) is 0 Å². The Labute approximate surface area is 128 Å². The van der Waals surface area contributed by atoms with Crippen LogP contribution < -0.4 is 10.6 Å². The number of nitrogens with two attached hydrogens (primary N) is 1. The lowest BCUT2D eigenvalue weighted by atomic mass is 9.88. The monoisotopic (exact) mass is 287 g/mol. The van der Waals surface area contributed by atoms with Crippen molar-refractivity contribution in [2.45, 2.75) is 51.5 Å². The van der Waals surface area contributed by atoms with Crippen LogP contribution in [0, 0.1) is 17.8 Å². The van der Waals surface area contributed by atoms with E-state index in [1.54, 1.807) is 0 Å². The zero-order chi connectivity index (χ0) is 14.8. The third-order valence-corrected chi connectivity index (χ3v) is 5.63. The van der Waals surface area contributed by atoms with Gasteiger partial charge in [0.05, 0.1) is 0 Å². The molecule has 116 valence electrons. The molecule has 0 amide bonds. The van der Waals surface area contributed by atoms with Crippen LogP contribution in [-0.4, -0.2) is 24.6 Å². The zero-order valence-electron chi connectivity index (χ0n) is 13.5. The molecule has 4 atom stereocenters. The van der Waals surface area contributed by atoms with E-state index in [4.69, 9.17) is 5.73 Å². The van der Waals surface area contributed by atoms with Crippen LogP contribution in [0.1, 0.15) is 44.6 Å².